The standard InChI is InChI=1S/C29H34F3NO2/c1-27(2)15-20-23(21(34)16-27)22(17-7-3-4-8-17)24-25(18-9-11-19(12-10-18)29(30,31)32)35-28(26(24)33-20)13-5-6-14-28/h9-12,17,21,25,34H,3-8,13-16H2,1-2H3. The molecule has 2 fully saturated rings. The van der Waals surface area contributed by atoms with Crippen molar-refractivity contribution in [3.05, 3.63) is 63.5 Å². The van der Waals surface area contributed by atoms with Crippen LogP contribution in [0.2, 0.25) is 0 Å². The van der Waals surface area contributed by atoms with E-state index < -0.39 is 29.5 Å². The van der Waals surface area contributed by atoms with E-state index in [1.54, 1.807) is 12.1 Å². The molecule has 0 amide bonds. The van der Waals surface area contributed by atoms with E-state index in [1.165, 1.54) is 5.56 Å². The van der Waals surface area contributed by atoms with Crippen molar-refractivity contribution in [2.75, 3.05) is 0 Å². The highest BCUT2D eigenvalue weighted by atomic mass is 19.4. The van der Waals surface area contributed by atoms with Gasteiger partial charge < -0.3 is 9.84 Å². The van der Waals surface area contributed by atoms with Gasteiger partial charge in [-0.15, -0.1) is 0 Å². The molecule has 3 nitrogen and oxygen atoms in total. The van der Waals surface area contributed by atoms with E-state index in [4.69, 9.17) is 9.72 Å². The minimum Gasteiger partial charge on any atom is -0.388 e. The molecule has 2 unspecified atom stereocenters. The zero-order chi connectivity index (χ0) is 24.6. The molecule has 1 N–H and O–H groups in total. The monoisotopic (exact) mass is 485 g/mol. The summed E-state index contributed by atoms with van der Waals surface area (Å²) in [7, 11) is 0. The first kappa shape index (κ1) is 23.5. The molecule has 2 atom stereocenters. The van der Waals surface area contributed by atoms with E-state index in [0.29, 0.717) is 12.3 Å². The number of halogens is 3. The molecule has 2 saturated carbocycles. The second-order valence-electron chi connectivity index (χ2n) is 12.0. The Hall–Kier alpha value is -1.92. The molecule has 35 heavy (non-hydrogen) atoms. The number of nitrogens with zero attached hydrogens (tertiary/aromatic N) is 1. The van der Waals surface area contributed by atoms with Crippen molar-refractivity contribution < 1.29 is 23.0 Å². The summed E-state index contributed by atoms with van der Waals surface area (Å²) in [5.41, 5.74) is 4.86. The summed E-state index contributed by atoms with van der Waals surface area (Å²) in [5, 5.41) is 11.4. The van der Waals surface area contributed by atoms with Crippen LogP contribution in [0.3, 0.4) is 0 Å². The molecule has 188 valence electrons. The highest BCUT2D eigenvalue weighted by Gasteiger charge is 2.52. The maximum Gasteiger partial charge on any atom is 0.416 e. The summed E-state index contributed by atoms with van der Waals surface area (Å²) >= 11 is 0. The summed E-state index contributed by atoms with van der Waals surface area (Å²) in [6.45, 7) is 4.38. The Kier molecular flexibility index (Phi) is 5.39. The zero-order valence-corrected chi connectivity index (χ0v) is 20.5. The Morgan fingerprint density at radius 3 is 2.23 bits per heavy atom. The van der Waals surface area contributed by atoms with Gasteiger partial charge in [0.15, 0.2) is 0 Å². The van der Waals surface area contributed by atoms with Gasteiger partial charge >= 0.3 is 6.18 Å². The average molecular weight is 486 g/mol. The fourth-order valence-corrected chi connectivity index (χ4v) is 7.33. The number of benzene rings is 1. The molecule has 6 heteroatoms. The number of rotatable bonds is 2. The van der Waals surface area contributed by atoms with Crippen LogP contribution >= 0.6 is 0 Å². The van der Waals surface area contributed by atoms with Gasteiger partial charge in [-0.05, 0) is 73.1 Å². The van der Waals surface area contributed by atoms with Gasteiger partial charge in [0.25, 0.3) is 0 Å². The third kappa shape index (κ3) is 3.83. The fourth-order valence-electron chi connectivity index (χ4n) is 7.33. The summed E-state index contributed by atoms with van der Waals surface area (Å²) in [6, 6.07) is 5.47. The SMILES string of the molecule is CC1(C)Cc2nc3c(c(C4CCCC4)c2C(O)C1)C(c1ccc(C(F)(F)F)cc1)OC31CCCC1. The van der Waals surface area contributed by atoms with E-state index in [9.17, 15) is 18.3 Å². The van der Waals surface area contributed by atoms with Crippen LogP contribution in [0.4, 0.5) is 13.2 Å². The minimum absolute atomic E-state index is 0.0320. The molecule has 1 aromatic heterocycles. The largest absolute Gasteiger partial charge is 0.416 e. The molecule has 4 aliphatic rings. The molecule has 0 radical (unpaired) electrons. The van der Waals surface area contributed by atoms with E-state index in [2.05, 4.69) is 13.8 Å². The van der Waals surface area contributed by atoms with Crippen LogP contribution in [-0.4, -0.2) is 10.1 Å². The maximum absolute atomic E-state index is 13.3. The fraction of sp³-hybridized carbons (Fsp3) is 0.621. The summed E-state index contributed by atoms with van der Waals surface area (Å²) in [4.78, 5) is 5.27. The van der Waals surface area contributed by atoms with Crippen LogP contribution in [0.5, 0.6) is 0 Å². The van der Waals surface area contributed by atoms with Crippen molar-refractivity contribution in [3.63, 3.8) is 0 Å². The quantitative estimate of drug-likeness (QED) is 0.475. The maximum atomic E-state index is 13.3. The van der Waals surface area contributed by atoms with Crippen molar-refractivity contribution in [1.82, 2.24) is 4.98 Å². The van der Waals surface area contributed by atoms with E-state index in [0.717, 1.165) is 98.0 Å². The van der Waals surface area contributed by atoms with Crippen molar-refractivity contribution in [3.8, 4) is 0 Å². The van der Waals surface area contributed by atoms with Crippen LogP contribution in [0.25, 0.3) is 0 Å². The van der Waals surface area contributed by atoms with Gasteiger partial charge in [-0.2, -0.15) is 13.2 Å². The van der Waals surface area contributed by atoms with Gasteiger partial charge in [-0.3, -0.25) is 4.98 Å². The number of ether oxygens (including phenoxy) is 1. The average Bonchev–Trinajstić information content (AvgIpc) is 3.53. The summed E-state index contributed by atoms with van der Waals surface area (Å²) in [5.74, 6) is 0.341. The smallest absolute Gasteiger partial charge is 0.388 e. The second kappa shape index (κ2) is 8.04. The van der Waals surface area contributed by atoms with Crippen molar-refractivity contribution >= 4 is 0 Å². The minimum atomic E-state index is -4.37. The summed E-state index contributed by atoms with van der Waals surface area (Å²) in [6.07, 6.45) is 4.50. The van der Waals surface area contributed by atoms with Gasteiger partial charge in [0.05, 0.1) is 17.4 Å². The molecule has 3 aliphatic carbocycles. The Labute approximate surface area is 205 Å². The lowest BCUT2D eigenvalue weighted by atomic mass is 9.70. The molecule has 2 aromatic rings. The lowest BCUT2D eigenvalue weighted by Gasteiger charge is -2.37. The van der Waals surface area contributed by atoms with Crippen LogP contribution in [0.1, 0.15) is 129 Å². The number of alkyl halides is 3. The molecule has 0 saturated heterocycles. The Bertz CT molecular complexity index is 1130. The van der Waals surface area contributed by atoms with Gasteiger partial charge in [0.2, 0.25) is 0 Å². The highest BCUT2D eigenvalue weighted by molar-refractivity contribution is 5.53. The van der Waals surface area contributed by atoms with Gasteiger partial charge in [0.1, 0.15) is 11.7 Å². The van der Waals surface area contributed by atoms with Crippen molar-refractivity contribution in [2.24, 2.45) is 5.41 Å². The molecule has 1 aromatic carbocycles. The first-order valence-electron chi connectivity index (χ1n) is 13.2. The predicted octanol–water partition coefficient (Wildman–Crippen LogP) is 7.65. The molecule has 2 heterocycles. The topological polar surface area (TPSA) is 42.4 Å². The Morgan fingerprint density at radius 2 is 1.60 bits per heavy atom. The number of aromatic nitrogens is 1. The third-order valence-corrected chi connectivity index (χ3v) is 8.87. The van der Waals surface area contributed by atoms with E-state index >= 15 is 0 Å². The Balaban J connectivity index is 1.57. The van der Waals surface area contributed by atoms with Crippen LogP contribution in [0, 0.1) is 5.41 Å². The molecule has 0 bridgehead atoms. The lowest BCUT2D eigenvalue weighted by Crippen LogP contribution is -2.30. The molecule has 1 spiro atoms. The van der Waals surface area contributed by atoms with Crippen molar-refractivity contribution in [1.29, 1.82) is 0 Å². The summed E-state index contributed by atoms with van der Waals surface area (Å²) < 4.78 is 46.7. The Morgan fingerprint density at radius 1 is 0.943 bits per heavy atom. The second-order valence-corrected chi connectivity index (χ2v) is 12.0. The third-order valence-electron chi connectivity index (χ3n) is 8.87. The molecule has 1 aliphatic heterocycles. The van der Waals surface area contributed by atoms with Crippen LogP contribution in [-0.2, 0) is 22.9 Å². The zero-order valence-electron chi connectivity index (χ0n) is 20.5. The van der Waals surface area contributed by atoms with E-state index in [-0.39, 0.29) is 5.41 Å². The van der Waals surface area contributed by atoms with E-state index in [1.807, 2.05) is 0 Å². The molecule has 6 rings (SSSR count). The lowest BCUT2D eigenvalue weighted by molar-refractivity contribution is -0.137. The normalized spacial score (nSPS) is 27.4. The van der Waals surface area contributed by atoms with Crippen molar-refractivity contribution in [2.45, 2.75) is 108 Å². The number of aliphatic hydroxyl groups is 1. The first-order chi connectivity index (χ1) is 16.6. The number of pyridine rings is 1. The first-order valence-corrected chi connectivity index (χ1v) is 13.2. The predicted molar refractivity (Wildman–Crippen MR) is 127 cm³/mol. The number of hydrogen-bond donors (Lipinski definition) is 1. The van der Waals surface area contributed by atoms with Gasteiger partial charge in [-0.1, -0.05) is 51.7 Å². The number of fused-ring (bicyclic) bond motifs is 3. The molecular weight excluding hydrogens is 451 g/mol. The number of aliphatic hydroxyl groups excluding tert-OH is 1. The van der Waals surface area contributed by atoms with Gasteiger partial charge in [-0.25, -0.2) is 0 Å². The van der Waals surface area contributed by atoms with Crippen LogP contribution < -0.4 is 0 Å². The highest BCUT2D eigenvalue weighted by Crippen LogP contribution is 2.58. The van der Waals surface area contributed by atoms with Crippen LogP contribution in [0.15, 0.2) is 24.3 Å². The molecular formula is C29H34F3NO2. The van der Waals surface area contributed by atoms with Gasteiger partial charge in [0, 0.05) is 16.8 Å². The number of hydrogen-bond acceptors (Lipinski definition) is 3.